The van der Waals surface area contributed by atoms with E-state index in [0.717, 1.165) is 5.56 Å². The molecule has 8 heavy (non-hydrogen) atoms. The first kappa shape index (κ1) is 8.86. The fourth-order valence-corrected chi connectivity index (χ4v) is 0.478. The Bertz CT molecular complexity index is 134. The Labute approximate surface area is 92.7 Å². The van der Waals surface area contributed by atoms with Gasteiger partial charge in [-0.3, -0.25) is 0 Å². The monoisotopic (exact) mass is 131 g/mol. The second kappa shape index (κ2) is 4.71. The van der Waals surface area contributed by atoms with Crippen molar-refractivity contribution in [3.63, 3.8) is 0 Å². The van der Waals surface area contributed by atoms with Crippen LogP contribution >= 0.6 is 0 Å². The molecule has 0 saturated carbocycles. The number of hydrogen-bond donors (Lipinski definition) is 0. The van der Waals surface area contributed by atoms with E-state index in [1.165, 1.54) is 0 Å². The van der Waals surface area contributed by atoms with Crippen LogP contribution in [0.5, 0.6) is 0 Å². The molecule has 0 heterocycles. The molecule has 0 spiro atoms. The van der Waals surface area contributed by atoms with Crippen molar-refractivity contribution in [2.45, 2.75) is 0 Å². The summed E-state index contributed by atoms with van der Waals surface area (Å²) in [7, 11) is 0. The van der Waals surface area contributed by atoms with Gasteiger partial charge < -0.3 is 0 Å². The van der Waals surface area contributed by atoms with E-state index in [4.69, 9.17) is 0 Å². The number of benzene rings is 1. The van der Waals surface area contributed by atoms with Gasteiger partial charge in [0.05, 0.1) is 0 Å². The molecule has 37 valence electrons. The molecule has 1 rings (SSSR count). The van der Waals surface area contributed by atoms with Crippen LogP contribution in [-0.4, -0.2) is 51.4 Å². The van der Waals surface area contributed by atoms with Crippen molar-refractivity contribution < 1.29 is 0 Å². The summed E-state index contributed by atoms with van der Waals surface area (Å²) >= 11 is 0. The first-order chi connectivity index (χ1) is 3.39. The summed E-state index contributed by atoms with van der Waals surface area (Å²) in [6.45, 7) is 3.72. The molecule has 0 N–H and O–H groups in total. The molecule has 0 fully saturated rings. The van der Waals surface area contributed by atoms with Crippen molar-refractivity contribution in [3.8, 4) is 0 Å². The van der Waals surface area contributed by atoms with Gasteiger partial charge in [-0.1, -0.05) is 30.3 Å². The normalized spacial score (nSPS) is 7.62. The van der Waals surface area contributed by atoms with Crippen LogP contribution in [0, 0.1) is 6.92 Å². The van der Waals surface area contributed by atoms with Gasteiger partial charge in [0.2, 0.25) is 0 Å². The molecule has 1 aromatic rings. The van der Waals surface area contributed by atoms with Gasteiger partial charge in [0.25, 0.3) is 0 Å². The zero-order valence-corrected chi connectivity index (χ0v) is 4.09. The van der Waals surface area contributed by atoms with E-state index in [1.807, 2.05) is 30.3 Å². The summed E-state index contributed by atoms with van der Waals surface area (Å²) in [6, 6.07) is 9.87. The van der Waals surface area contributed by atoms with Gasteiger partial charge in [0.15, 0.2) is 0 Å². The molecule has 1 radical (unpaired) electrons. The summed E-state index contributed by atoms with van der Waals surface area (Å²) in [6.07, 6.45) is 0. The zero-order chi connectivity index (χ0) is 5.11. The second-order valence-electron chi connectivity index (χ2n) is 1.49. The summed E-state index contributed by atoms with van der Waals surface area (Å²) in [4.78, 5) is 0. The first-order valence-corrected chi connectivity index (χ1v) is 2.26. The molecule has 0 aliphatic rings. The van der Waals surface area contributed by atoms with E-state index >= 15 is 0 Å². The molecule has 0 saturated heterocycles. The van der Waals surface area contributed by atoms with E-state index in [-0.39, 0.29) is 51.4 Å². The average molecular weight is 131 g/mol. The molecule has 0 atom stereocenters. The SMILES string of the molecule is [CH2]c1ccccc1.[KH]. The first-order valence-electron chi connectivity index (χ1n) is 2.26. The van der Waals surface area contributed by atoms with E-state index in [0.29, 0.717) is 0 Å². The van der Waals surface area contributed by atoms with Crippen LogP contribution in [0.3, 0.4) is 0 Å². The van der Waals surface area contributed by atoms with E-state index in [2.05, 4.69) is 6.92 Å². The second-order valence-corrected chi connectivity index (χ2v) is 1.49. The minimum atomic E-state index is 0. The van der Waals surface area contributed by atoms with Gasteiger partial charge in [-0.25, -0.2) is 0 Å². The van der Waals surface area contributed by atoms with Crippen molar-refractivity contribution in [1.82, 2.24) is 0 Å². The van der Waals surface area contributed by atoms with Crippen molar-refractivity contribution in [3.05, 3.63) is 42.8 Å². The van der Waals surface area contributed by atoms with Gasteiger partial charge in [-0.2, -0.15) is 0 Å². The average Bonchev–Trinajstić information content (AvgIpc) is 1.69. The number of hydrogen-bond acceptors (Lipinski definition) is 0. The summed E-state index contributed by atoms with van der Waals surface area (Å²) < 4.78 is 0. The van der Waals surface area contributed by atoms with Crippen molar-refractivity contribution in [1.29, 1.82) is 0 Å². The third-order valence-corrected chi connectivity index (χ3v) is 0.843. The Morgan fingerprint density at radius 3 is 1.75 bits per heavy atom. The Kier molecular flexibility index (Phi) is 5.21. The molecule has 0 aromatic heterocycles. The molecule has 0 aliphatic carbocycles. The molecule has 0 amide bonds. The summed E-state index contributed by atoms with van der Waals surface area (Å²) in [5.74, 6) is 0. The van der Waals surface area contributed by atoms with E-state index in [9.17, 15) is 0 Å². The molecule has 0 unspecified atom stereocenters. The maximum absolute atomic E-state index is 3.72. The fourth-order valence-electron chi connectivity index (χ4n) is 0.478. The Morgan fingerprint density at radius 2 is 1.50 bits per heavy atom. The summed E-state index contributed by atoms with van der Waals surface area (Å²) in [5.41, 5.74) is 1.07. The third kappa shape index (κ3) is 3.00. The van der Waals surface area contributed by atoms with E-state index < -0.39 is 0 Å². The van der Waals surface area contributed by atoms with Crippen LogP contribution in [0.15, 0.2) is 30.3 Å². The molecule has 0 nitrogen and oxygen atoms in total. The van der Waals surface area contributed by atoms with Crippen molar-refractivity contribution >= 4 is 51.4 Å². The van der Waals surface area contributed by atoms with Gasteiger partial charge >= 0.3 is 51.4 Å². The van der Waals surface area contributed by atoms with Crippen molar-refractivity contribution in [2.24, 2.45) is 0 Å². The standard InChI is InChI=1S/C7H7.K.H/c1-7-5-3-2-4-6-7;;/h2-6H,1H2;;. The van der Waals surface area contributed by atoms with Gasteiger partial charge in [-0.15, -0.1) is 0 Å². The van der Waals surface area contributed by atoms with Gasteiger partial charge in [0, 0.05) is 0 Å². The third-order valence-electron chi connectivity index (χ3n) is 0.843. The van der Waals surface area contributed by atoms with E-state index in [1.54, 1.807) is 0 Å². The number of rotatable bonds is 0. The quantitative estimate of drug-likeness (QED) is 0.464. The molecule has 1 aromatic carbocycles. The molecule has 0 bridgehead atoms. The van der Waals surface area contributed by atoms with Crippen LogP contribution in [-0.2, 0) is 0 Å². The minimum absolute atomic E-state index is 0. The van der Waals surface area contributed by atoms with Crippen LogP contribution in [0.2, 0.25) is 0 Å². The van der Waals surface area contributed by atoms with Crippen LogP contribution < -0.4 is 0 Å². The fraction of sp³-hybridized carbons (Fsp3) is 0. The predicted octanol–water partition coefficient (Wildman–Crippen LogP) is 1.22. The van der Waals surface area contributed by atoms with Crippen LogP contribution in [0.1, 0.15) is 5.56 Å². The van der Waals surface area contributed by atoms with Crippen LogP contribution in [0.4, 0.5) is 0 Å². The Morgan fingerprint density at radius 1 is 1.00 bits per heavy atom. The predicted molar refractivity (Wildman–Crippen MR) is 38.1 cm³/mol. The maximum atomic E-state index is 3.72. The Balaban J connectivity index is 0.000000490. The zero-order valence-electron chi connectivity index (χ0n) is 4.09. The molecular weight excluding hydrogens is 123 g/mol. The molecule has 0 aliphatic heterocycles. The molecular formula is C7H8K. The topological polar surface area (TPSA) is 0 Å². The molecule has 1 heteroatoms. The van der Waals surface area contributed by atoms with Gasteiger partial charge in [0.1, 0.15) is 0 Å². The van der Waals surface area contributed by atoms with Crippen molar-refractivity contribution in [2.75, 3.05) is 0 Å². The van der Waals surface area contributed by atoms with Gasteiger partial charge in [-0.05, 0) is 12.5 Å². The Hall–Kier alpha value is 0.856. The van der Waals surface area contributed by atoms with Crippen LogP contribution in [0.25, 0.3) is 0 Å². The summed E-state index contributed by atoms with van der Waals surface area (Å²) in [5, 5.41) is 0.